The van der Waals surface area contributed by atoms with Gasteiger partial charge < -0.3 is 15.5 Å². The number of halogens is 1. The van der Waals surface area contributed by atoms with E-state index in [9.17, 15) is 4.79 Å². The van der Waals surface area contributed by atoms with Crippen LogP contribution in [0.5, 0.6) is 0 Å². The van der Waals surface area contributed by atoms with Crippen LogP contribution in [-0.2, 0) is 4.79 Å². The number of amides is 1. The number of aryl methyl sites for hydroxylation is 1. The second kappa shape index (κ2) is 8.67. The molecule has 4 nitrogen and oxygen atoms in total. The van der Waals surface area contributed by atoms with E-state index in [0.717, 1.165) is 52.1 Å². The summed E-state index contributed by atoms with van der Waals surface area (Å²) in [5.74, 6) is 0.878. The van der Waals surface area contributed by atoms with Gasteiger partial charge in [0.15, 0.2) is 0 Å². The number of nitrogens with zero attached hydrogens (tertiary/aromatic N) is 1. The van der Waals surface area contributed by atoms with Crippen LogP contribution in [0.3, 0.4) is 0 Å². The van der Waals surface area contributed by atoms with Crippen LogP contribution in [0.2, 0.25) is 0 Å². The summed E-state index contributed by atoms with van der Waals surface area (Å²) >= 11 is 0. The summed E-state index contributed by atoms with van der Waals surface area (Å²) in [6.45, 7) is 8.47. The molecule has 0 radical (unpaired) electrons. The lowest BCUT2D eigenvalue weighted by Gasteiger charge is -2.27. The molecule has 2 aliphatic rings. The number of hydrogen-bond acceptors (Lipinski definition) is 3. The van der Waals surface area contributed by atoms with E-state index in [0.29, 0.717) is 5.92 Å². The van der Waals surface area contributed by atoms with Crippen molar-refractivity contribution in [3.8, 4) is 0 Å². The molecule has 0 aromatic heterocycles. The van der Waals surface area contributed by atoms with Gasteiger partial charge in [0.25, 0.3) is 0 Å². The molecular weight excluding hydrogens is 310 g/mol. The third kappa shape index (κ3) is 4.93. The molecule has 0 spiro atoms. The fraction of sp³-hybridized carbons (Fsp3) is 0.611. The quantitative estimate of drug-likeness (QED) is 0.780. The molecule has 128 valence electrons. The average Bonchev–Trinajstić information content (AvgIpc) is 3.33. The van der Waals surface area contributed by atoms with E-state index in [1.165, 1.54) is 11.1 Å². The van der Waals surface area contributed by atoms with Gasteiger partial charge in [0.2, 0.25) is 5.91 Å². The minimum Gasteiger partial charge on any atom is -0.356 e. The Labute approximate surface area is 145 Å². The molecule has 1 saturated carbocycles. The predicted octanol–water partition coefficient (Wildman–Crippen LogP) is 1.93. The van der Waals surface area contributed by atoms with Crippen molar-refractivity contribution < 1.29 is 4.79 Å². The Morgan fingerprint density at radius 3 is 2.78 bits per heavy atom. The molecule has 5 heteroatoms. The van der Waals surface area contributed by atoms with Gasteiger partial charge >= 0.3 is 0 Å². The van der Waals surface area contributed by atoms with Crippen molar-refractivity contribution in [3.63, 3.8) is 0 Å². The molecule has 23 heavy (non-hydrogen) atoms. The molecule has 1 aromatic carbocycles. The number of carbonyl (C=O) groups is 1. The van der Waals surface area contributed by atoms with E-state index < -0.39 is 0 Å². The Morgan fingerprint density at radius 2 is 2.04 bits per heavy atom. The lowest BCUT2D eigenvalue weighted by atomic mass is 10.0. The van der Waals surface area contributed by atoms with Crippen molar-refractivity contribution >= 4 is 18.3 Å². The van der Waals surface area contributed by atoms with E-state index >= 15 is 0 Å². The molecule has 1 amide bonds. The van der Waals surface area contributed by atoms with Crippen molar-refractivity contribution in [2.24, 2.45) is 5.92 Å². The van der Waals surface area contributed by atoms with Crippen LogP contribution in [0.15, 0.2) is 24.3 Å². The summed E-state index contributed by atoms with van der Waals surface area (Å²) in [5.41, 5.74) is 2.66. The van der Waals surface area contributed by atoms with Gasteiger partial charge in [-0.25, -0.2) is 0 Å². The zero-order valence-electron chi connectivity index (χ0n) is 13.9. The van der Waals surface area contributed by atoms with Crippen LogP contribution in [0, 0.1) is 12.8 Å². The van der Waals surface area contributed by atoms with Crippen LogP contribution in [-0.4, -0.2) is 50.1 Å². The predicted molar refractivity (Wildman–Crippen MR) is 96.2 cm³/mol. The SMILES string of the molecule is Cc1ccccc1C1CC1C(=O)NCCCN1CCNCC1.Cl. The monoisotopic (exact) mass is 337 g/mol. The van der Waals surface area contributed by atoms with Gasteiger partial charge in [0, 0.05) is 38.6 Å². The second-order valence-electron chi connectivity index (χ2n) is 6.54. The summed E-state index contributed by atoms with van der Waals surface area (Å²) in [7, 11) is 0. The van der Waals surface area contributed by atoms with Crippen molar-refractivity contribution in [3.05, 3.63) is 35.4 Å². The zero-order chi connectivity index (χ0) is 15.4. The minimum atomic E-state index is 0. The number of nitrogens with one attached hydrogen (secondary N) is 2. The van der Waals surface area contributed by atoms with Crippen molar-refractivity contribution in [2.45, 2.75) is 25.7 Å². The van der Waals surface area contributed by atoms with Crippen LogP contribution < -0.4 is 10.6 Å². The van der Waals surface area contributed by atoms with Crippen LogP contribution >= 0.6 is 12.4 Å². The molecule has 1 saturated heterocycles. The molecule has 2 unspecified atom stereocenters. The maximum Gasteiger partial charge on any atom is 0.223 e. The van der Waals surface area contributed by atoms with Crippen LogP contribution in [0.1, 0.15) is 29.9 Å². The van der Waals surface area contributed by atoms with E-state index in [1.54, 1.807) is 0 Å². The molecule has 0 bridgehead atoms. The molecule has 2 fully saturated rings. The molecule has 1 aliphatic heterocycles. The summed E-state index contributed by atoms with van der Waals surface area (Å²) in [5, 5.41) is 6.48. The van der Waals surface area contributed by atoms with Gasteiger partial charge in [-0.05, 0) is 43.4 Å². The Hall–Kier alpha value is -1.10. The topological polar surface area (TPSA) is 44.4 Å². The van der Waals surface area contributed by atoms with E-state index in [1.807, 2.05) is 0 Å². The van der Waals surface area contributed by atoms with E-state index in [-0.39, 0.29) is 24.2 Å². The number of hydrogen-bond donors (Lipinski definition) is 2. The average molecular weight is 338 g/mol. The number of benzene rings is 1. The van der Waals surface area contributed by atoms with Crippen molar-refractivity contribution in [1.29, 1.82) is 0 Å². The first-order chi connectivity index (χ1) is 10.8. The summed E-state index contributed by atoms with van der Waals surface area (Å²) in [4.78, 5) is 14.7. The highest BCUT2D eigenvalue weighted by Crippen LogP contribution is 2.48. The number of piperazine rings is 1. The molecular formula is C18H28ClN3O. The first kappa shape index (κ1) is 18.2. The number of carbonyl (C=O) groups excluding carboxylic acids is 1. The first-order valence-corrected chi connectivity index (χ1v) is 8.52. The van der Waals surface area contributed by atoms with Gasteiger partial charge in [-0.15, -0.1) is 12.4 Å². The first-order valence-electron chi connectivity index (χ1n) is 8.52. The van der Waals surface area contributed by atoms with Crippen molar-refractivity contribution in [2.75, 3.05) is 39.3 Å². The number of rotatable bonds is 6. The smallest absolute Gasteiger partial charge is 0.223 e. The van der Waals surface area contributed by atoms with Gasteiger partial charge in [-0.3, -0.25) is 4.79 Å². The largest absolute Gasteiger partial charge is 0.356 e. The molecule has 2 atom stereocenters. The zero-order valence-corrected chi connectivity index (χ0v) is 14.7. The molecule has 1 heterocycles. The molecule has 1 aromatic rings. The Morgan fingerprint density at radius 1 is 1.30 bits per heavy atom. The van der Waals surface area contributed by atoms with Gasteiger partial charge in [-0.1, -0.05) is 24.3 Å². The van der Waals surface area contributed by atoms with Gasteiger partial charge in [0.05, 0.1) is 0 Å². The Kier molecular flexibility index (Phi) is 6.88. The minimum absolute atomic E-state index is 0. The molecule has 2 N–H and O–H groups in total. The highest BCUT2D eigenvalue weighted by Gasteiger charge is 2.44. The fourth-order valence-corrected chi connectivity index (χ4v) is 3.41. The van der Waals surface area contributed by atoms with E-state index in [4.69, 9.17) is 0 Å². The summed E-state index contributed by atoms with van der Waals surface area (Å²) < 4.78 is 0. The maximum absolute atomic E-state index is 12.2. The third-order valence-corrected chi connectivity index (χ3v) is 4.88. The van der Waals surface area contributed by atoms with E-state index in [2.05, 4.69) is 46.7 Å². The fourth-order valence-electron chi connectivity index (χ4n) is 3.41. The lowest BCUT2D eigenvalue weighted by molar-refractivity contribution is -0.122. The standard InChI is InChI=1S/C18H27N3O.ClH/c1-14-5-2-3-6-15(14)16-13-17(16)18(22)20-7-4-10-21-11-8-19-9-12-21;/h2-3,5-6,16-17,19H,4,7-13H2,1H3,(H,20,22);1H. The Bertz CT molecular complexity index is 517. The molecule has 3 rings (SSSR count). The van der Waals surface area contributed by atoms with Crippen LogP contribution in [0.25, 0.3) is 0 Å². The lowest BCUT2D eigenvalue weighted by Crippen LogP contribution is -2.44. The summed E-state index contributed by atoms with van der Waals surface area (Å²) in [6.07, 6.45) is 2.06. The van der Waals surface area contributed by atoms with Gasteiger partial charge in [-0.2, -0.15) is 0 Å². The Balaban J connectivity index is 0.00000192. The van der Waals surface area contributed by atoms with Crippen LogP contribution in [0.4, 0.5) is 0 Å². The van der Waals surface area contributed by atoms with Gasteiger partial charge in [0.1, 0.15) is 0 Å². The normalized spacial score (nSPS) is 23.9. The van der Waals surface area contributed by atoms with Crippen molar-refractivity contribution in [1.82, 2.24) is 15.5 Å². The third-order valence-electron chi connectivity index (χ3n) is 4.88. The molecule has 1 aliphatic carbocycles. The second-order valence-corrected chi connectivity index (χ2v) is 6.54. The summed E-state index contributed by atoms with van der Waals surface area (Å²) in [6, 6.07) is 8.43. The maximum atomic E-state index is 12.2. The highest BCUT2D eigenvalue weighted by atomic mass is 35.5. The highest BCUT2D eigenvalue weighted by molar-refractivity contribution is 5.85.